The summed E-state index contributed by atoms with van der Waals surface area (Å²) in [6.45, 7) is 0.629. The molecule has 0 radical (unpaired) electrons. The van der Waals surface area contributed by atoms with Crippen LogP contribution in [0.15, 0.2) is 24.3 Å². The molecule has 0 heterocycles. The maximum atomic E-state index is 13.4. The summed E-state index contributed by atoms with van der Waals surface area (Å²) in [6.07, 6.45) is 2.64. The Kier molecular flexibility index (Phi) is 8.07. The van der Waals surface area contributed by atoms with Gasteiger partial charge in [-0.05, 0) is 30.9 Å². The van der Waals surface area contributed by atoms with Crippen molar-refractivity contribution in [2.24, 2.45) is 11.7 Å². The van der Waals surface area contributed by atoms with Crippen molar-refractivity contribution in [2.75, 3.05) is 12.3 Å². The van der Waals surface area contributed by atoms with Crippen LogP contribution in [-0.4, -0.2) is 24.2 Å². The summed E-state index contributed by atoms with van der Waals surface area (Å²) in [7, 11) is 0. The molecule has 1 fully saturated rings. The number of halogens is 2. The van der Waals surface area contributed by atoms with Crippen LogP contribution in [0.4, 0.5) is 4.39 Å². The largest absolute Gasteiger partial charge is 0.355 e. The Hall–Kier alpha value is -0.780. The number of hydrogen-bond acceptors (Lipinski definition) is 3. The molecule has 0 bridgehead atoms. The average molecular weight is 333 g/mol. The van der Waals surface area contributed by atoms with Crippen LogP contribution in [0.3, 0.4) is 0 Å². The number of carbonyl (C=O) groups excluding carboxylic acids is 1. The van der Waals surface area contributed by atoms with Crippen molar-refractivity contribution < 1.29 is 9.18 Å². The van der Waals surface area contributed by atoms with Crippen molar-refractivity contribution in [3.63, 3.8) is 0 Å². The maximum Gasteiger partial charge on any atom is 0.223 e. The zero-order valence-corrected chi connectivity index (χ0v) is 13.5. The number of carbonyl (C=O) groups is 1. The Morgan fingerprint density at radius 2 is 2.14 bits per heavy atom. The maximum absolute atomic E-state index is 13.4. The molecule has 3 N–H and O–H groups in total. The normalized spacial score (nSPS) is 20.9. The highest BCUT2D eigenvalue weighted by Crippen LogP contribution is 2.24. The number of nitrogens with two attached hydrogens (primary N) is 1. The average Bonchev–Trinajstić information content (AvgIpc) is 2.87. The predicted octanol–water partition coefficient (Wildman–Crippen LogP) is 2.72. The molecular formula is C15H22ClFN2OS. The minimum atomic E-state index is -0.163. The van der Waals surface area contributed by atoms with E-state index in [0.717, 1.165) is 25.0 Å². The fourth-order valence-corrected chi connectivity index (χ4v) is 3.29. The quantitative estimate of drug-likeness (QED) is 0.788. The molecule has 1 aliphatic carbocycles. The third kappa shape index (κ3) is 5.85. The van der Waals surface area contributed by atoms with Crippen LogP contribution in [-0.2, 0) is 10.5 Å². The van der Waals surface area contributed by atoms with E-state index < -0.39 is 0 Å². The molecule has 21 heavy (non-hydrogen) atoms. The number of nitrogens with one attached hydrogen (secondary N) is 1. The lowest BCUT2D eigenvalue weighted by molar-refractivity contribution is -0.124. The molecule has 0 aliphatic heterocycles. The van der Waals surface area contributed by atoms with E-state index in [0.29, 0.717) is 17.9 Å². The van der Waals surface area contributed by atoms with Crippen LogP contribution in [0.2, 0.25) is 0 Å². The Morgan fingerprint density at radius 3 is 2.81 bits per heavy atom. The van der Waals surface area contributed by atoms with Gasteiger partial charge in [-0.25, -0.2) is 4.39 Å². The van der Waals surface area contributed by atoms with Crippen molar-refractivity contribution in [1.29, 1.82) is 0 Å². The third-order valence-electron chi connectivity index (χ3n) is 3.61. The van der Waals surface area contributed by atoms with E-state index in [1.807, 2.05) is 6.07 Å². The zero-order valence-electron chi connectivity index (χ0n) is 11.9. The Balaban J connectivity index is 0.00000220. The van der Waals surface area contributed by atoms with Gasteiger partial charge >= 0.3 is 0 Å². The van der Waals surface area contributed by atoms with E-state index in [1.165, 1.54) is 6.07 Å². The van der Waals surface area contributed by atoms with Gasteiger partial charge in [-0.1, -0.05) is 18.2 Å². The van der Waals surface area contributed by atoms with E-state index in [-0.39, 0.29) is 36.1 Å². The molecule has 118 valence electrons. The highest BCUT2D eigenvalue weighted by atomic mass is 35.5. The highest BCUT2D eigenvalue weighted by molar-refractivity contribution is 7.98. The number of hydrogen-bond donors (Lipinski definition) is 2. The molecule has 0 saturated heterocycles. The van der Waals surface area contributed by atoms with E-state index in [4.69, 9.17) is 5.73 Å². The molecule has 1 aromatic carbocycles. The topological polar surface area (TPSA) is 55.1 Å². The van der Waals surface area contributed by atoms with Crippen molar-refractivity contribution in [3.8, 4) is 0 Å². The first kappa shape index (κ1) is 18.3. The molecule has 1 aliphatic rings. The van der Waals surface area contributed by atoms with Gasteiger partial charge < -0.3 is 11.1 Å². The lowest BCUT2D eigenvalue weighted by atomic mass is 10.1. The summed E-state index contributed by atoms with van der Waals surface area (Å²) in [6, 6.07) is 6.98. The SMILES string of the molecule is Cl.NC1CCC(C(=O)NCCSCc2ccccc2F)C1. The van der Waals surface area contributed by atoms with Crippen LogP contribution in [0.1, 0.15) is 24.8 Å². The van der Waals surface area contributed by atoms with Crippen molar-refractivity contribution in [1.82, 2.24) is 5.32 Å². The molecule has 2 atom stereocenters. The predicted molar refractivity (Wildman–Crippen MR) is 88.1 cm³/mol. The van der Waals surface area contributed by atoms with E-state index >= 15 is 0 Å². The second-order valence-corrected chi connectivity index (χ2v) is 6.31. The molecule has 2 unspecified atom stereocenters. The lowest BCUT2D eigenvalue weighted by Gasteiger charge is -2.10. The smallest absolute Gasteiger partial charge is 0.223 e. The number of amides is 1. The summed E-state index contributed by atoms with van der Waals surface area (Å²) < 4.78 is 13.4. The molecule has 3 nitrogen and oxygen atoms in total. The van der Waals surface area contributed by atoms with Crippen LogP contribution in [0, 0.1) is 11.7 Å². The summed E-state index contributed by atoms with van der Waals surface area (Å²) >= 11 is 1.63. The van der Waals surface area contributed by atoms with Gasteiger partial charge in [0.25, 0.3) is 0 Å². The molecule has 2 rings (SSSR count). The van der Waals surface area contributed by atoms with E-state index in [1.54, 1.807) is 23.9 Å². The Morgan fingerprint density at radius 1 is 1.38 bits per heavy atom. The van der Waals surface area contributed by atoms with Crippen molar-refractivity contribution in [2.45, 2.75) is 31.1 Å². The highest BCUT2D eigenvalue weighted by Gasteiger charge is 2.27. The summed E-state index contributed by atoms with van der Waals surface area (Å²) in [5.74, 6) is 1.46. The molecule has 1 aromatic rings. The van der Waals surface area contributed by atoms with Crippen LogP contribution in [0.5, 0.6) is 0 Å². The standard InChI is InChI=1S/C15H21FN2OS.ClH/c16-14-4-2-1-3-12(14)10-20-8-7-18-15(19)11-5-6-13(17)9-11;/h1-4,11,13H,5-10,17H2,(H,18,19);1H. The summed E-state index contributed by atoms with van der Waals surface area (Å²) in [4.78, 5) is 11.8. The number of benzene rings is 1. The van der Waals surface area contributed by atoms with E-state index in [9.17, 15) is 9.18 Å². The minimum absolute atomic E-state index is 0. The van der Waals surface area contributed by atoms with Gasteiger partial charge in [-0.15, -0.1) is 12.4 Å². The van der Waals surface area contributed by atoms with Crippen LogP contribution >= 0.6 is 24.2 Å². The Labute approximate surface area is 135 Å². The molecule has 1 amide bonds. The lowest BCUT2D eigenvalue weighted by Crippen LogP contribution is -2.32. The Bertz CT molecular complexity index is 461. The molecule has 1 saturated carbocycles. The zero-order chi connectivity index (χ0) is 14.4. The summed E-state index contributed by atoms with van der Waals surface area (Å²) in [5.41, 5.74) is 6.51. The fraction of sp³-hybridized carbons (Fsp3) is 0.533. The summed E-state index contributed by atoms with van der Waals surface area (Å²) in [5, 5.41) is 2.94. The molecule has 0 spiro atoms. The van der Waals surface area contributed by atoms with Gasteiger partial charge in [0.1, 0.15) is 5.82 Å². The van der Waals surface area contributed by atoms with Gasteiger partial charge in [-0.2, -0.15) is 11.8 Å². The minimum Gasteiger partial charge on any atom is -0.355 e. The molecular weight excluding hydrogens is 311 g/mol. The van der Waals surface area contributed by atoms with Crippen LogP contribution in [0.25, 0.3) is 0 Å². The second-order valence-electron chi connectivity index (χ2n) is 5.21. The second kappa shape index (κ2) is 9.28. The first-order chi connectivity index (χ1) is 9.66. The first-order valence-electron chi connectivity index (χ1n) is 7.01. The molecule has 0 aromatic heterocycles. The fourth-order valence-electron chi connectivity index (χ4n) is 2.44. The van der Waals surface area contributed by atoms with E-state index in [2.05, 4.69) is 5.32 Å². The third-order valence-corrected chi connectivity index (χ3v) is 4.61. The number of rotatable bonds is 6. The van der Waals surface area contributed by atoms with Gasteiger partial charge in [0.2, 0.25) is 5.91 Å². The first-order valence-corrected chi connectivity index (χ1v) is 8.16. The van der Waals surface area contributed by atoms with Crippen molar-refractivity contribution >= 4 is 30.1 Å². The molecule has 6 heteroatoms. The van der Waals surface area contributed by atoms with Crippen molar-refractivity contribution in [3.05, 3.63) is 35.6 Å². The monoisotopic (exact) mass is 332 g/mol. The van der Waals surface area contributed by atoms with Crippen LogP contribution < -0.4 is 11.1 Å². The van der Waals surface area contributed by atoms with Gasteiger partial charge in [0, 0.05) is 30.0 Å². The van der Waals surface area contributed by atoms with Gasteiger partial charge in [0.15, 0.2) is 0 Å². The number of thioether (sulfide) groups is 1. The van der Waals surface area contributed by atoms with Gasteiger partial charge in [0.05, 0.1) is 0 Å². The van der Waals surface area contributed by atoms with Gasteiger partial charge in [-0.3, -0.25) is 4.79 Å².